The summed E-state index contributed by atoms with van der Waals surface area (Å²) in [5, 5.41) is 12.2. The smallest absolute Gasteiger partial charge is 0.356 e. The summed E-state index contributed by atoms with van der Waals surface area (Å²) in [6.45, 7) is 0.572. The maximum atomic E-state index is 13.1. The van der Waals surface area contributed by atoms with E-state index in [-0.39, 0.29) is 30.4 Å². The third-order valence-electron chi connectivity index (χ3n) is 7.71. The van der Waals surface area contributed by atoms with E-state index in [1.54, 1.807) is 0 Å². The standard InChI is InChI=1S/C30H41Cl2N2O7P/c1-34(28-18-16-23(24-11-7-8-12-25(24)28)22-15-17-26(31)27(32)21-22)30(36)14-6-4-9-19-33-29(35)13-5-2-3-10-20-40-42(38,39)41-37/h7-8,11-12,15,17,21,23,28,37H,2-6,9-10,13-14,16,18-20H2,1H3,(H,33,35)(H,38,39). The number of halogens is 2. The van der Waals surface area contributed by atoms with Crippen molar-refractivity contribution in [3.8, 4) is 0 Å². The molecule has 0 spiro atoms. The van der Waals surface area contributed by atoms with Crippen molar-refractivity contribution in [2.24, 2.45) is 0 Å². The Bertz CT molecular complexity index is 1230. The predicted molar refractivity (Wildman–Crippen MR) is 164 cm³/mol. The van der Waals surface area contributed by atoms with Crippen LogP contribution in [0, 0.1) is 0 Å². The van der Waals surface area contributed by atoms with Crippen LogP contribution < -0.4 is 5.32 Å². The van der Waals surface area contributed by atoms with E-state index in [1.165, 1.54) is 11.1 Å². The van der Waals surface area contributed by atoms with E-state index in [0.29, 0.717) is 42.3 Å². The van der Waals surface area contributed by atoms with Gasteiger partial charge in [-0.25, -0.2) is 9.82 Å². The molecule has 0 radical (unpaired) electrons. The van der Waals surface area contributed by atoms with Crippen LogP contribution in [-0.4, -0.2) is 47.1 Å². The molecule has 0 bridgehead atoms. The van der Waals surface area contributed by atoms with E-state index in [0.717, 1.165) is 50.5 Å². The SMILES string of the molecule is CN(C(=O)CCCCCNC(=O)CCCCCCOP(=O)(O)OO)C1CCC(c2ccc(Cl)c(Cl)c2)c2ccccc21. The van der Waals surface area contributed by atoms with Gasteiger partial charge in [0.25, 0.3) is 0 Å². The minimum atomic E-state index is -4.35. The Hall–Kier alpha value is -1.97. The Balaban J connectivity index is 1.32. The molecule has 0 saturated heterocycles. The lowest BCUT2D eigenvalue weighted by atomic mass is 9.76. The molecule has 1 aliphatic carbocycles. The van der Waals surface area contributed by atoms with E-state index in [9.17, 15) is 14.2 Å². The molecule has 3 unspecified atom stereocenters. The summed E-state index contributed by atoms with van der Waals surface area (Å²) in [4.78, 5) is 35.9. The van der Waals surface area contributed by atoms with Gasteiger partial charge in [-0.3, -0.25) is 14.1 Å². The first kappa shape index (κ1) is 34.5. The van der Waals surface area contributed by atoms with E-state index >= 15 is 0 Å². The van der Waals surface area contributed by atoms with Gasteiger partial charge in [0.15, 0.2) is 0 Å². The summed E-state index contributed by atoms with van der Waals surface area (Å²) in [5.41, 5.74) is 3.54. The lowest BCUT2D eigenvalue weighted by Crippen LogP contribution is -2.34. The molecule has 3 atom stereocenters. The van der Waals surface area contributed by atoms with Gasteiger partial charge in [-0.05, 0) is 67.3 Å². The molecule has 12 heteroatoms. The van der Waals surface area contributed by atoms with Crippen LogP contribution in [0.4, 0.5) is 0 Å². The number of carbonyl (C=O) groups is 2. The van der Waals surface area contributed by atoms with E-state index in [2.05, 4.69) is 26.6 Å². The average molecular weight is 644 g/mol. The second-order valence-electron chi connectivity index (χ2n) is 10.7. The average Bonchev–Trinajstić information content (AvgIpc) is 2.98. The fourth-order valence-electron chi connectivity index (χ4n) is 5.43. The number of nitrogens with one attached hydrogen (secondary N) is 1. The van der Waals surface area contributed by atoms with Crippen LogP contribution in [0.5, 0.6) is 0 Å². The van der Waals surface area contributed by atoms with Crippen molar-refractivity contribution in [2.45, 2.75) is 82.6 Å². The molecule has 1 aliphatic rings. The Morgan fingerprint density at radius 2 is 1.64 bits per heavy atom. The Kier molecular flexibility index (Phi) is 14.3. The number of rotatable bonds is 17. The number of fused-ring (bicyclic) bond motifs is 1. The highest BCUT2D eigenvalue weighted by molar-refractivity contribution is 7.47. The number of phosphoric ester groups is 1. The molecule has 232 valence electrons. The molecule has 0 fully saturated rings. The topological polar surface area (TPSA) is 125 Å². The fraction of sp³-hybridized carbons (Fsp3) is 0.533. The van der Waals surface area contributed by atoms with Gasteiger partial charge in [0, 0.05) is 32.4 Å². The summed E-state index contributed by atoms with van der Waals surface area (Å²) in [5.74, 6) is 0.329. The zero-order chi connectivity index (χ0) is 30.5. The number of unbranched alkanes of at least 4 members (excludes halogenated alkanes) is 5. The van der Waals surface area contributed by atoms with Crippen LogP contribution in [0.1, 0.15) is 99.3 Å². The van der Waals surface area contributed by atoms with Crippen molar-refractivity contribution in [2.75, 3.05) is 20.2 Å². The second kappa shape index (κ2) is 17.4. The number of hydrogen-bond acceptors (Lipinski definition) is 6. The Morgan fingerprint density at radius 1 is 0.952 bits per heavy atom. The second-order valence-corrected chi connectivity index (χ2v) is 12.8. The van der Waals surface area contributed by atoms with Crippen molar-refractivity contribution in [3.63, 3.8) is 0 Å². The van der Waals surface area contributed by atoms with Crippen LogP contribution in [0.15, 0.2) is 42.5 Å². The highest BCUT2D eigenvalue weighted by Gasteiger charge is 2.32. The van der Waals surface area contributed by atoms with Crippen LogP contribution >= 0.6 is 31.0 Å². The first-order valence-corrected chi connectivity index (χ1v) is 16.7. The number of phosphoric acid groups is 1. The van der Waals surface area contributed by atoms with E-state index in [1.807, 2.05) is 42.3 Å². The lowest BCUT2D eigenvalue weighted by Gasteiger charge is -2.37. The van der Waals surface area contributed by atoms with Crippen molar-refractivity contribution >= 4 is 42.8 Å². The third kappa shape index (κ3) is 10.6. The van der Waals surface area contributed by atoms with Crippen LogP contribution in [0.2, 0.25) is 10.0 Å². The predicted octanol–water partition coefficient (Wildman–Crippen LogP) is 7.65. The third-order valence-corrected chi connectivity index (χ3v) is 9.17. The van der Waals surface area contributed by atoms with Crippen LogP contribution in [0.3, 0.4) is 0 Å². The molecule has 0 heterocycles. The molecular weight excluding hydrogens is 602 g/mol. The maximum Gasteiger partial charge on any atom is 0.499 e. The van der Waals surface area contributed by atoms with E-state index in [4.69, 9.17) is 33.4 Å². The number of hydrogen-bond donors (Lipinski definition) is 3. The van der Waals surface area contributed by atoms with Crippen molar-refractivity contribution in [1.29, 1.82) is 0 Å². The van der Waals surface area contributed by atoms with Crippen molar-refractivity contribution in [1.82, 2.24) is 10.2 Å². The molecule has 2 aromatic rings. The number of benzene rings is 2. The molecule has 3 rings (SSSR count). The van der Waals surface area contributed by atoms with Crippen LogP contribution in [0.25, 0.3) is 0 Å². The molecule has 9 nitrogen and oxygen atoms in total. The van der Waals surface area contributed by atoms with Gasteiger partial charge < -0.3 is 15.1 Å². The largest absolute Gasteiger partial charge is 0.499 e. The maximum absolute atomic E-state index is 13.1. The summed E-state index contributed by atoms with van der Waals surface area (Å²) >= 11 is 12.4. The number of carbonyl (C=O) groups excluding carboxylic acids is 2. The van der Waals surface area contributed by atoms with Gasteiger partial charge in [-0.15, -0.1) is 4.67 Å². The van der Waals surface area contributed by atoms with Crippen molar-refractivity contribution < 1.29 is 33.5 Å². The molecule has 2 amide bonds. The zero-order valence-corrected chi connectivity index (χ0v) is 26.4. The fourth-order valence-corrected chi connectivity index (χ4v) is 6.15. The number of amides is 2. The van der Waals surface area contributed by atoms with Crippen LogP contribution in [-0.2, 0) is 23.4 Å². The van der Waals surface area contributed by atoms with Gasteiger partial charge in [0.1, 0.15) is 0 Å². The summed E-state index contributed by atoms with van der Waals surface area (Å²) in [7, 11) is -2.45. The minimum absolute atomic E-state index is 0.00666. The van der Waals surface area contributed by atoms with Gasteiger partial charge >= 0.3 is 7.82 Å². The van der Waals surface area contributed by atoms with E-state index < -0.39 is 7.82 Å². The lowest BCUT2D eigenvalue weighted by molar-refractivity contribution is -0.162. The molecular formula is C30H41Cl2N2O7P. The summed E-state index contributed by atoms with van der Waals surface area (Å²) in [6.07, 6.45) is 7.84. The molecule has 0 aliphatic heterocycles. The molecule has 0 aromatic heterocycles. The number of nitrogens with zero attached hydrogens (tertiary/aromatic N) is 1. The minimum Gasteiger partial charge on any atom is -0.356 e. The van der Waals surface area contributed by atoms with Gasteiger partial charge in [0.05, 0.1) is 22.7 Å². The zero-order valence-electron chi connectivity index (χ0n) is 24.0. The quantitative estimate of drug-likeness (QED) is 0.0700. The van der Waals surface area contributed by atoms with Gasteiger partial charge in [-0.1, -0.05) is 72.8 Å². The molecule has 0 saturated carbocycles. The summed E-state index contributed by atoms with van der Waals surface area (Å²) in [6, 6.07) is 14.2. The first-order chi connectivity index (χ1) is 20.1. The summed E-state index contributed by atoms with van der Waals surface area (Å²) < 4.78 is 18.8. The highest BCUT2D eigenvalue weighted by atomic mass is 35.5. The highest BCUT2D eigenvalue weighted by Crippen LogP contribution is 2.44. The van der Waals surface area contributed by atoms with Gasteiger partial charge in [-0.2, -0.15) is 0 Å². The Labute approximate surface area is 258 Å². The Morgan fingerprint density at radius 3 is 2.38 bits per heavy atom. The normalized spacial score (nSPS) is 17.7. The molecule has 2 aromatic carbocycles. The first-order valence-electron chi connectivity index (χ1n) is 14.5. The van der Waals surface area contributed by atoms with Gasteiger partial charge in [0.2, 0.25) is 11.8 Å². The monoisotopic (exact) mass is 642 g/mol. The van der Waals surface area contributed by atoms with Crippen molar-refractivity contribution in [3.05, 3.63) is 69.2 Å². The molecule has 3 N–H and O–H groups in total. The molecule has 42 heavy (non-hydrogen) atoms.